The van der Waals surface area contributed by atoms with Gasteiger partial charge in [-0.25, -0.2) is 4.98 Å². The predicted octanol–water partition coefficient (Wildman–Crippen LogP) is 1.94. The molecule has 1 N–H and O–H groups in total. The molecule has 21 heavy (non-hydrogen) atoms. The van der Waals surface area contributed by atoms with Gasteiger partial charge >= 0.3 is 0 Å². The first kappa shape index (κ1) is 15.2. The molecule has 1 heterocycles. The number of nitrogens with one attached hydrogen (secondary N) is 1. The van der Waals surface area contributed by atoms with E-state index in [1.807, 2.05) is 30.3 Å². The lowest BCUT2D eigenvalue weighted by Gasteiger charge is -2.10. The van der Waals surface area contributed by atoms with Gasteiger partial charge in [-0.05, 0) is 6.92 Å². The molecule has 110 valence electrons. The Hall–Kier alpha value is -2.21. The molecule has 1 aromatic carbocycles. The molecule has 0 saturated heterocycles. The quantitative estimate of drug-likeness (QED) is 0.939. The van der Waals surface area contributed by atoms with E-state index in [-0.39, 0.29) is 18.4 Å². The van der Waals surface area contributed by atoms with Crippen LogP contribution in [0.15, 0.2) is 30.3 Å². The van der Waals surface area contributed by atoms with Crippen LogP contribution in [0, 0.1) is 6.92 Å². The van der Waals surface area contributed by atoms with Crippen molar-refractivity contribution in [3.05, 3.63) is 40.9 Å². The molecular formula is C15H17N3O2S. The van der Waals surface area contributed by atoms with Crippen LogP contribution >= 0.6 is 11.3 Å². The molecule has 0 aliphatic carbocycles. The fraction of sp³-hybridized carbons (Fsp3) is 0.267. The van der Waals surface area contributed by atoms with Gasteiger partial charge in [0.2, 0.25) is 5.91 Å². The number of likely N-dealkylation sites (N-methyl/N-ethyl adjacent to an activating group) is 1. The van der Waals surface area contributed by atoms with Gasteiger partial charge in [-0.3, -0.25) is 9.59 Å². The summed E-state index contributed by atoms with van der Waals surface area (Å²) in [5.41, 5.74) is 1.66. The molecular weight excluding hydrogens is 286 g/mol. The Bertz CT molecular complexity index is 650. The topological polar surface area (TPSA) is 62.3 Å². The third-order valence-corrected chi connectivity index (χ3v) is 4.13. The Morgan fingerprint density at radius 1 is 1.24 bits per heavy atom. The number of hydrogen-bond donors (Lipinski definition) is 1. The molecule has 0 unspecified atom stereocenters. The second-order valence-corrected chi connectivity index (χ2v) is 5.77. The van der Waals surface area contributed by atoms with Crippen molar-refractivity contribution in [2.24, 2.45) is 0 Å². The van der Waals surface area contributed by atoms with Crippen LogP contribution in [0.1, 0.15) is 15.4 Å². The molecule has 0 spiro atoms. The monoisotopic (exact) mass is 303 g/mol. The van der Waals surface area contributed by atoms with E-state index in [0.717, 1.165) is 10.6 Å². The molecule has 5 nitrogen and oxygen atoms in total. The third-order valence-electron chi connectivity index (χ3n) is 2.92. The Kier molecular flexibility index (Phi) is 4.70. The first-order chi connectivity index (χ1) is 9.99. The van der Waals surface area contributed by atoms with Gasteiger partial charge in [-0.1, -0.05) is 30.3 Å². The van der Waals surface area contributed by atoms with Crippen molar-refractivity contribution in [1.82, 2.24) is 15.2 Å². The summed E-state index contributed by atoms with van der Waals surface area (Å²) in [4.78, 5) is 30.0. The number of aryl methyl sites for hydroxylation is 1. The first-order valence-corrected chi connectivity index (χ1v) is 7.32. The number of carbonyl (C=O) groups excluding carboxylic acids is 2. The Morgan fingerprint density at radius 2 is 1.90 bits per heavy atom. The van der Waals surface area contributed by atoms with E-state index in [4.69, 9.17) is 0 Å². The van der Waals surface area contributed by atoms with Gasteiger partial charge in [-0.2, -0.15) is 0 Å². The lowest BCUT2D eigenvalue weighted by Crippen LogP contribution is -2.36. The van der Waals surface area contributed by atoms with E-state index < -0.39 is 0 Å². The molecule has 2 amide bonds. The zero-order valence-corrected chi connectivity index (χ0v) is 13.0. The van der Waals surface area contributed by atoms with Gasteiger partial charge in [0, 0.05) is 19.7 Å². The van der Waals surface area contributed by atoms with Gasteiger partial charge < -0.3 is 10.2 Å². The van der Waals surface area contributed by atoms with Crippen LogP contribution in [0.4, 0.5) is 0 Å². The number of carbonyl (C=O) groups is 2. The summed E-state index contributed by atoms with van der Waals surface area (Å²) in [6.45, 7) is 1.79. The average molecular weight is 303 g/mol. The largest absolute Gasteiger partial charge is 0.347 e. The van der Waals surface area contributed by atoms with Crippen molar-refractivity contribution >= 4 is 23.2 Å². The number of amides is 2. The third kappa shape index (κ3) is 3.66. The molecule has 1 aromatic heterocycles. The van der Waals surface area contributed by atoms with Crippen molar-refractivity contribution in [1.29, 1.82) is 0 Å². The van der Waals surface area contributed by atoms with Gasteiger partial charge in [-0.15, -0.1) is 11.3 Å². The molecule has 0 fully saturated rings. The van der Waals surface area contributed by atoms with Crippen molar-refractivity contribution in [2.75, 3.05) is 20.6 Å². The van der Waals surface area contributed by atoms with E-state index >= 15 is 0 Å². The first-order valence-electron chi connectivity index (χ1n) is 6.50. The summed E-state index contributed by atoms with van der Waals surface area (Å²) in [5.74, 6) is -0.406. The fourth-order valence-electron chi connectivity index (χ4n) is 1.71. The fourth-order valence-corrected chi connectivity index (χ4v) is 2.69. The molecule has 0 radical (unpaired) electrons. The smallest absolute Gasteiger partial charge is 0.263 e. The van der Waals surface area contributed by atoms with E-state index in [9.17, 15) is 9.59 Å². The Balaban J connectivity index is 2.12. The summed E-state index contributed by atoms with van der Waals surface area (Å²) in [5, 5.41) is 3.43. The van der Waals surface area contributed by atoms with E-state index in [0.29, 0.717) is 10.6 Å². The number of thiazole rings is 1. The molecule has 0 atom stereocenters. The lowest BCUT2D eigenvalue weighted by molar-refractivity contribution is -0.127. The van der Waals surface area contributed by atoms with Crippen LogP contribution in [0.25, 0.3) is 10.6 Å². The maximum Gasteiger partial charge on any atom is 0.263 e. The molecule has 0 aliphatic heterocycles. The normalized spacial score (nSPS) is 10.2. The average Bonchev–Trinajstić information content (AvgIpc) is 2.87. The van der Waals surface area contributed by atoms with Crippen LogP contribution in [0.2, 0.25) is 0 Å². The maximum absolute atomic E-state index is 12.1. The molecule has 6 heteroatoms. The highest BCUT2D eigenvalue weighted by atomic mass is 32.1. The Morgan fingerprint density at radius 3 is 2.52 bits per heavy atom. The molecule has 0 aliphatic rings. The molecule has 2 rings (SSSR count). The molecule has 0 bridgehead atoms. The number of benzene rings is 1. The van der Waals surface area contributed by atoms with Gasteiger partial charge in [0.1, 0.15) is 9.88 Å². The SMILES string of the molecule is Cc1nc(-c2ccccc2)sc1C(=O)NCC(=O)N(C)C. The van der Waals surface area contributed by atoms with E-state index in [1.54, 1.807) is 21.0 Å². The highest BCUT2D eigenvalue weighted by Crippen LogP contribution is 2.27. The van der Waals surface area contributed by atoms with Crippen molar-refractivity contribution in [2.45, 2.75) is 6.92 Å². The molecule has 0 saturated carbocycles. The highest BCUT2D eigenvalue weighted by Gasteiger charge is 2.17. The number of aromatic nitrogens is 1. The summed E-state index contributed by atoms with van der Waals surface area (Å²) < 4.78 is 0. The second-order valence-electron chi connectivity index (χ2n) is 4.77. The summed E-state index contributed by atoms with van der Waals surface area (Å²) in [7, 11) is 3.31. The minimum atomic E-state index is -0.262. The highest BCUT2D eigenvalue weighted by molar-refractivity contribution is 7.17. The summed E-state index contributed by atoms with van der Waals surface area (Å²) >= 11 is 1.33. The van der Waals surface area contributed by atoms with Gasteiger partial charge in [0.15, 0.2) is 0 Å². The van der Waals surface area contributed by atoms with Gasteiger partial charge in [0.25, 0.3) is 5.91 Å². The number of hydrogen-bond acceptors (Lipinski definition) is 4. The predicted molar refractivity (Wildman–Crippen MR) is 83.3 cm³/mol. The van der Waals surface area contributed by atoms with Crippen molar-refractivity contribution < 1.29 is 9.59 Å². The van der Waals surface area contributed by atoms with E-state index in [2.05, 4.69) is 10.3 Å². The van der Waals surface area contributed by atoms with Crippen LogP contribution in [0.5, 0.6) is 0 Å². The second kappa shape index (κ2) is 6.49. The maximum atomic E-state index is 12.1. The zero-order chi connectivity index (χ0) is 15.4. The van der Waals surface area contributed by atoms with Crippen LogP contribution in [-0.2, 0) is 4.79 Å². The van der Waals surface area contributed by atoms with Gasteiger partial charge in [0.05, 0.1) is 12.2 Å². The lowest BCUT2D eigenvalue weighted by atomic mass is 10.2. The van der Waals surface area contributed by atoms with Crippen LogP contribution in [-0.4, -0.2) is 42.3 Å². The Labute approximate surface area is 127 Å². The van der Waals surface area contributed by atoms with E-state index in [1.165, 1.54) is 16.2 Å². The number of nitrogens with zero attached hydrogens (tertiary/aromatic N) is 2. The van der Waals surface area contributed by atoms with Crippen LogP contribution in [0.3, 0.4) is 0 Å². The summed E-state index contributed by atoms with van der Waals surface area (Å²) in [6, 6.07) is 9.71. The summed E-state index contributed by atoms with van der Waals surface area (Å²) in [6.07, 6.45) is 0. The minimum absolute atomic E-state index is 0.0101. The van der Waals surface area contributed by atoms with Crippen LogP contribution < -0.4 is 5.32 Å². The van der Waals surface area contributed by atoms with Crippen molar-refractivity contribution in [3.63, 3.8) is 0 Å². The van der Waals surface area contributed by atoms with Crippen molar-refractivity contribution in [3.8, 4) is 10.6 Å². The zero-order valence-electron chi connectivity index (χ0n) is 12.2. The molecule has 2 aromatic rings. The minimum Gasteiger partial charge on any atom is -0.347 e. The standard InChI is InChI=1S/C15H17N3O2S/c1-10-13(14(20)16-9-12(19)18(2)3)21-15(17-10)11-7-5-4-6-8-11/h4-8H,9H2,1-3H3,(H,16,20). The number of rotatable bonds is 4.